The number of amides is 1. The summed E-state index contributed by atoms with van der Waals surface area (Å²) in [5.41, 5.74) is 5.56. The molecular weight excluding hydrogens is 144 g/mol. The third-order valence-corrected chi connectivity index (χ3v) is 1.60. The summed E-state index contributed by atoms with van der Waals surface area (Å²) in [7, 11) is 4.88. The van der Waals surface area contributed by atoms with Gasteiger partial charge in [-0.15, -0.1) is 0 Å². The van der Waals surface area contributed by atoms with Crippen LogP contribution in [0, 0.1) is 0 Å². The highest BCUT2D eigenvalue weighted by molar-refractivity contribution is 5.81. The van der Waals surface area contributed by atoms with Gasteiger partial charge in [0, 0.05) is 21.2 Å². The number of carbonyl (C=O) groups excluding carboxylic acids is 1. The zero-order valence-corrected chi connectivity index (χ0v) is 7.50. The molecule has 0 heterocycles. The molecule has 0 aromatic carbocycles. The van der Waals surface area contributed by atoms with Gasteiger partial charge in [0.2, 0.25) is 5.91 Å². The Hall–Kier alpha value is -0.610. The van der Waals surface area contributed by atoms with E-state index in [9.17, 15) is 4.79 Å². The Morgan fingerprint density at radius 2 is 2.00 bits per heavy atom. The molecule has 0 fully saturated rings. The van der Waals surface area contributed by atoms with Crippen molar-refractivity contribution in [1.82, 2.24) is 4.90 Å². The fraction of sp³-hybridized carbons (Fsp3) is 0.857. The monoisotopic (exact) mass is 160 g/mol. The maximum absolute atomic E-state index is 11.2. The van der Waals surface area contributed by atoms with Gasteiger partial charge < -0.3 is 15.4 Å². The lowest BCUT2D eigenvalue weighted by Crippen LogP contribution is -2.47. The fourth-order valence-electron chi connectivity index (χ4n) is 0.646. The van der Waals surface area contributed by atoms with Gasteiger partial charge in [-0.25, -0.2) is 0 Å². The van der Waals surface area contributed by atoms with Crippen LogP contribution in [0.4, 0.5) is 0 Å². The van der Waals surface area contributed by atoms with Crippen LogP contribution in [0.1, 0.15) is 6.92 Å². The third kappa shape index (κ3) is 2.86. The van der Waals surface area contributed by atoms with E-state index < -0.39 is 6.04 Å². The summed E-state index contributed by atoms with van der Waals surface area (Å²) < 4.78 is 4.91. The van der Waals surface area contributed by atoms with Crippen molar-refractivity contribution >= 4 is 5.91 Å². The maximum atomic E-state index is 11.2. The van der Waals surface area contributed by atoms with Crippen LogP contribution in [0.25, 0.3) is 0 Å². The lowest BCUT2D eigenvalue weighted by atomic mass is 10.2. The molecule has 0 rings (SSSR count). The van der Waals surface area contributed by atoms with E-state index in [1.54, 1.807) is 21.0 Å². The topological polar surface area (TPSA) is 55.6 Å². The number of likely N-dealkylation sites (N-methyl/N-ethyl adjacent to an activating group) is 1. The largest absolute Gasteiger partial charge is 0.380 e. The molecule has 0 aliphatic carbocycles. The standard InChI is InChI=1S/C7H16N2O2/c1-5(11-4)6(8)7(10)9(2)3/h5-6H,8H2,1-4H3. The smallest absolute Gasteiger partial charge is 0.241 e. The lowest BCUT2D eigenvalue weighted by Gasteiger charge is -2.20. The Morgan fingerprint density at radius 1 is 1.55 bits per heavy atom. The van der Waals surface area contributed by atoms with Crippen LogP contribution in [-0.2, 0) is 9.53 Å². The minimum absolute atomic E-state index is 0.112. The van der Waals surface area contributed by atoms with Crippen LogP contribution in [0.2, 0.25) is 0 Å². The Bertz CT molecular complexity index is 136. The van der Waals surface area contributed by atoms with Gasteiger partial charge in [0.25, 0.3) is 0 Å². The molecule has 0 saturated carbocycles. The van der Waals surface area contributed by atoms with E-state index in [1.165, 1.54) is 12.0 Å². The molecule has 11 heavy (non-hydrogen) atoms. The molecule has 0 spiro atoms. The second-order valence-electron chi connectivity index (χ2n) is 2.70. The van der Waals surface area contributed by atoms with Gasteiger partial charge in [0.05, 0.1) is 6.10 Å². The summed E-state index contributed by atoms with van der Waals surface area (Å²) >= 11 is 0. The van der Waals surface area contributed by atoms with Crippen molar-refractivity contribution in [2.24, 2.45) is 5.73 Å². The normalized spacial score (nSPS) is 15.7. The number of carbonyl (C=O) groups is 1. The van der Waals surface area contributed by atoms with Crippen LogP contribution in [0.5, 0.6) is 0 Å². The van der Waals surface area contributed by atoms with E-state index in [0.717, 1.165) is 0 Å². The number of methoxy groups -OCH3 is 1. The quantitative estimate of drug-likeness (QED) is 0.602. The molecule has 0 aliphatic heterocycles. The van der Waals surface area contributed by atoms with Gasteiger partial charge in [-0.1, -0.05) is 0 Å². The highest BCUT2D eigenvalue weighted by Gasteiger charge is 2.21. The molecule has 4 heteroatoms. The minimum Gasteiger partial charge on any atom is -0.380 e. The number of nitrogens with two attached hydrogens (primary N) is 1. The van der Waals surface area contributed by atoms with Gasteiger partial charge >= 0.3 is 0 Å². The van der Waals surface area contributed by atoms with E-state index >= 15 is 0 Å². The number of nitrogens with zero attached hydrogens (tertiary/aromatic N) is 1. The van der Waals surface area contributed by atoms with E-state index in [1.807, 2.05) is 0 Å². The Labute approximate surface area is 67.3 Å². The zero-order chi connectivity index (χ0) is 9.02. The van der Waals surface area contributed by atoms with Gasteiger partial charge in [-0.05, 0) is 6.92 Å². The van der Waals surface area contributed by atoms with Crippen molar-refractivity contribution in [3.05, 3.63) is 0 Å². The molecule has 66 valence electrons. The second kappa shape index (κ2) is 4.31. The lowest BCUT2D eigenvalue weighted by molar-refractivity contribution is -0.132. The second-order valence-corrected chi connectivity index (χ2v) is 2.70. The maximum Gasteiger partial charge on any atom is 0.241 e. The molecular formula is C7H16N2O2. The Balaban J connectivity index is 4.02. The predicted molar refractivity (Wildman–Crippen MR) is 43.1 cm³/mol. The molecule has 0 saturated heterocycles. The molecule has 4 nitrogen and oxygen atoms in total. The van der Waals surface area contributed by atoms with Crippen molar-refractivity contribution in [3.8, 4) is 0 Å². The molecule has 0 aromatic rings. The zero-order valence-electron chi connectivity index (χ0n) is 7.50. The molecule has 2 N–H and O–H groups in total. The summed E-state index contributed by atoms with van der Waals surface area (Å²) in [6.07, 6.45) is -0.232. The van der Waals surface area contributed by atoms with Crippen LogP contribution in [0.3, 0.4) is 0 Å². The molecule has 2 atom stereocenters. The average Bonchev–Trinajstić information content (AvgIpc) is 2.00. The first-order valence-electron chi connectivity index (χ1n) is 3.50. The van der Waals surface area contributed by atoms with Crippen molar-refractivity contribution in [1.29, 1.82) is 0 Å². The first-order chi connectivity index (χ1) is 5.00. The van der Waals surface area contributed by atoms with E-state index in [4.69, 9.17) is 10.5 Å². The first kappa shape index (κ1) is 10.4. The Kier molecular flexibility index (Phi) is 4.07. The summed E-state index contributed by atoms with van der Waals surface area (Å²) in [6, 6.07) is -0.560. The van der Waals surface area contributed by atoms with Gasteiger partial charge in [0.1, 0.15) is 6.04 Å². The van der Waals surface area contributed by atoms with Crippen LogP contribution in [-0.4, -0.2) is 44.2 Å². The fourth-order valence-corrected chi connectivity index (χ4v) is 0.646. The van der Waals surface area contributed by atoms with E-state index in [0.29, 0.717) is 0 Å². The highest BCUT2D eigenvalue weighted by atomic mass is 16.5. The van der Waals surface area contributed by atoms with Crippen molar-refractivity contribution in [2.75, 3.05) is 21.2 Å². The summed E-state index contributed by atoms with van der Waals surface area (Å²) in [4.78, 5) is 12.6. The van der Waals surface area contributed by atoms with Crippen LogP contribution in [0.15, 0.2) is 0 Å². The van der Waals surface area contributed by atoms with Gasteiger partial charge in [-0.2, -0.15) is 0 Å². The van der Waals surface area contributed by atoms with Crippen LogP contribution >= 0.6 is 0 Å². The van der Waals surface area contributed by atoms with Crippen molar-refractivity contribution in [3.63, 3.8) is 0 Å². The SMILES string of the molecule is COC(C)C(N)C(=O)N(C)C. The summed E-state index contributed by atoms with van der Waals surface area (Å²) in [5, 5.41) is 0. The summed E-state index contributed by atoms with van der Waals surface area (Å²) in [6.45, 7) is 1.77. The number of ether oxygens (including phenoxy) is 1. The number of hydrogen-bond donors (Lipinski definition) is 1. The van der Waals surface area contributed by atoms with Crippen LogP contribution < -0.4 is 5.73 Å². The molecule has 1 amide bonds. The first-order valence-corrected chi connectivity index (χ1v) is 3.50. The molecule has 0 radical (unpaired) electrons. The molecule has 0 bridgehead atoms. The summed E-state index contributed by atoms with van der Waals surface area (Å²) in [5.74, 6) is -0.112. The van der Waals surface area contributed by atoms with Gasteiger partial charge in [-0.3, -0.25) is 4.79 Å². The molecule has 0 aliphatic rings. The Morgan fingerprint density at radius 3 is 2.27 bits per heavy atom. The van der Waals surface area contributed by atoms with E-state index in [-0.39, 0.29) is 12.0 Å². The predicted octanol–water partition coefficient (Wildman–Crippen LogP) is -0.563. The van der Waals surface area contributed by atoms with Crippen molar-refractivity contribution < 1.29 is 9.53 Å². The number of hydrogen-bond acceptors (Lipinski definition) is 3. The van der Waals surface area contributed by atoms with E-state index in [2.05, 4.69) is 0 Å². The minimum atomic E-state index is -0.560. The molecule has 2 unspecified atom stereocenters. The average molecular weight is 160 g/mol. The third-order valence-electron chi connectivity index (χ3n) is 1.60. The van der Waals surface area contributed by atoms with Gasteiger partial charge in [0.15, 0.2) is 0 Å². The number of rotatable bonds is 3. The molecule has 0 aromatic heterocycles. The highest BCUT2D eigenvalue weighted by Crippen LogP contribution is 1.96. The van der Waals surface area contributed by atoms with Crippen molar-refractivity contribution in [2.45, 2.75) is 19.1 Å².